The predicted octanol–water partition coefficient (Wildman–Crippen LogP) is 0.832. The molecule has 1 fully saturated rings. The Morgan fingerprint density at radius 1 is 1.33 bits per heavy atom. The quantitative estimate of drug-likeness (QED) is 0.843. The normalized spacial score (nSPS) is 19.0. The molecule has 0 aliphatic carbocycles. The zero-order valence-electron chi connectivity index (χ0n) is 12.8. The fourth-order valence-electron chi connectivity index (χ4n) is 2.49. The molecular weight excluding hydrogens is 266 g/mol. The van der Waals surface area contributed by atoms with Crippen LogP contribution in [0.4, 0.5) is 0 Å². The van der Waals surface area contributed by atoms with Gasteiger partial charge >= 0.3 is 0 Å². The van der Waals surface area contributed by atoms with Gasteiger partial charge in [0.2, 0.25) is 5.91 Å². The second-order valence-electron chi connectivity index (χ2n) is 5.61. The summed E-state index contributed by atoms with van der Waals surface area (Å²) in [6.07, 6.45) is 0. The van der Waals surface area contributed by atoms with Crippen molar-refractivity contribution in [2.24, 2.45) is 5.73 Å². The number of hydrogen-bond donors (Lipinski definition) is 2. The SMILES string of the molecule is Cc1ccc(C(CNC(=O)[C@@H](C)N)N2CCOCC2)cc1. The lowest BCUT2D eigenvalue weighted by molar-refractivity contribution is -0.122. The smallest absolute Gasteiger partial charge is 0.236 e. The number of nitrogens with one attached hydrogen (secondary N) is 1. The van der Waals surface area contributed by atoms with Crippen molar-refractivity contribution >= 4 is 5.91 Å². The maximum atomic E-state index is 11.7. The van der Waals surface area contributed by atoms with Gasteiger partial charge < -0.3 is 15.8 Å². The molecule has 1 aromatic carbocycles. The summed E-state index contributed by atoms with van der Waals surface area (Å²) in [6, 6.07) is 8.17. The Morgan fingerprint density at radius 2 is 1.95 bits per heavy atom. The molecule has 0 spiro atoms. The van der Waals surface area contributed by atoms with Crippen molar-refractivity contribution < 1.29 is 9.53 Å². The fourth-order valence-corrected chi connectivity index (χ4v) is 2.49. The molecular formula is C16H25N3O2. The minimum Gasteiger partial charge on any atom is -0.379 e. The first-order chi connectivity index (χ1) is 10.1. The van der Waals surface area contributed by atoms with Crippen LogP contribution in [0.25, 0.3) is 0 Å². The Balaban J connectivity index is 2.09. The standard InChI is InChI=1S/C16H25N3O2/c1-12-3-5-14(6-4-12)15(11-18-16(20)13(2)17)19-7-9-21-10-8-19/h3-6,13,15H,7-11,17H2,1-2H3,(H,18,20)/t13-,15?/m1/s1. The molecule has 1 heterocycles. The topological polar surface area (TPSA) is 67.6 Å². The minimum atomic E-state index is -0.478. The van der Waals surface area contributed by atoms with Crippen LogP contribution in [0.15, 0.2) is 24.3 Å². The lowest BCUT2D eigenvalue weighted by atomic mass is 10.0. The highest BCUT2D eigenvalue weighted by Gasteiger charge is 2.23. The third-order valence-electron chi connectivity index (χ3n) is 3.83. The van der Waals surface area contributed by atoms with E-state index in [9.17, 15) is 4.79 Å². The summed E-state index contributed by atoms with van der Waals surface area (Å²) in [7, 11) is 0. The van der Waals surface area contributed by atoms with E-state index < -0.39 is 6.04 Å². The van der Waals surface area contributed by atoms with Crippen LogP contribution in [0.2, 0.25) is 0 Å². The van der Waals surface area contributed by atoms with Gasteiger partial charge in [-0.15, -0.1) is 0 Å². The van der Waals surface area contributed by atoms with Crippen molar-refractivity contribution in [3.8, 4) is 0 Å². The molecule has 5 nitrogen and oxygen atoms in total. The van der Waals surface area contributed by atoms with E-state index in [0.717, 1.165) is 26.3 Å². The highest BCUT2D eigenvalue weighted by atomic mass is 16.5. The third-order valence-corrected chi connectivity index (χ3v) is 3.83. The van der Waals surface area contributed by atoms with E-state index in [-0.39, 0.29) is 11.9 Å². The number of aryl methyl sites for hydroxylation is 1. The molecule has 0 saturated carbocycles. The van der Waals surface area contributed by atoms with Crippen LogP contribution in [0.3, 0.4) is 0 Å². The minimum absolute atomic E-state index is 0.111. The summed E-state index contributed by atoms with van der Waals surface area (Å²) in [5, 5.41) is 2.95. The zero-order chi connectivity index (χ0) is 15.2. The number of nitrogens with zero attached hydrogens (tertiary/aromatic N) is 1. The zero-order valence-corrected chi connectivity index (χ0v) is 12.8. The van der Waals surface area contributed by atoms with Crippen LogP contribution in [0.5, 0.6) is 0 Å². The largest absolute Gasteiger partial charge is 0.379 e. The number of amides is 1. The average Bonchev–Trinajstić information content (AvgIpc) is 2.50. The first kappa shape index (κ1) is 15.9. The van der Waals surface area contributed by atoms with Crippen LogP contribution < -0.4 is 11.1 Å². The summed E-state index contributed by atoms with van der Waals surface area (Å²) in [5.74, 6) is -0.111. The second-order valence-corrected chi connectivity index (χ2v) is 5.61. The summed E-state index contributed by atoms with van der Waals surface area (Å²) >= 11 is 0. The summed E-state index contributed by atoms with van der Waals surface area (Å²) in [5.41, 5.74) is 8.06. The molecule has 3 N–H and O–H groups in total. The van der Waals surface area contributed by atoms with Gasteiger partial charge in [0.1, 0.15) is 0 Å². The molecule has 21 heavy (non-hydrogen) atoms. The molecule has 1 aromatic rings. The van der Waals surface area contributed by atoms with Crippen molar-refractivity contribution in [2.75, 3.05) is 32.8 Å². The number of hydrogen-bond acceptors (Lipinski definition) is 4. The summed E-state index contributed by atoms with van der Waals surface area (Å²) < 4.78 is 5.42. The Hall–Kier alpha value is -1.43. The van der Waals surface area contributed by atoms with Crippen LogP contribution in [-0.2, 0) is 9.53 Å². The molecule has 1 unspecified atom stereocenters. The van der Waals surface area contributed by atoms with E-state index in [1.54, 1.807) is 6.92 Å². The third kappa shape index (κ3) is 4.52. The van der Waals surface area contributed by atoms with Gasteiger partial charge in [-0.05, 0) is 19.4 Å². The van der Waals surface area contributed by atoms with Crippen molar-refractivity contribution in [1.82, 2.24) is 10.2 Å². The molecule has 2 atom stereocenters. The Bertz CT molecular complexity index is 453. The maximum Gasteiger partial charge on any atom is 0.236 e. The van der Waals surface area contributed by atoms with E-state index in [0.29, 0.717) is 6.54 Å². The van der Waals surface area contributed by atoms with Crippen LogP contribution in [0, 0.1) is 6.92 Å². The molecule has 0 aromatic heterocycles. The first-order valence-corrected chi connectivity index (χ1v) is 7.49. The van der Waals surface area contributed by atoms with Gasteiger partial charge in [-0.25, -0.2) is 0 Å². The van der Waals surface area contributed by atoms with Gasteiger partial charge in [-0.1, -0.05) is 29.8 Å². The molecule has 116 valence electrons. The van der Waals surface area contributed by atoms with Crippen molar-refractivity contribution in [3.05, 3.63) is 35.4 Å². The number of carbonyl (C=O) groups excluding carboxylic acids is 1. The number of carbonyl (C=O) groups is 1. The molecule has 0 bridgehead atoms. The molecule has 1 aliphatic rings. The number of ether oxygens (including phenoxy) is 1. The van der Waals surface area contributed by atoms with Gasteiger partial charge in [0.05, 0.1) is 25.3 Å². The van der Waals surface area contributed by atoms with Gasteiger partial charge in [0.25, 0.3) is 0 Å². The highest BCUT2D eigenvalue weighted by Crippen LogP contribution is 2.21. The molecule has 5 heteroatoms. The van der Waals surface area contributed by atoms with Gasteiger partial charge in [0.15, 0.2) is 0 Å². The fraction of sp³-hybridized carbons (Fsp3) is 0.562. The number of benzene rings is 1. The Morgan fingerprint density at radius 3 is 2.52 bits per heavy atom. The van der Waals surface area contributed by atoms with Crippen LogP contribution in [-0.4, -0.2) is 49.7 Å². The summed E-state index contributed by atoms with van der Waals surface area (Å²) in [6.45, 7) is 7.59. The first-order valence-electron chi connectivity index (χ1n) is 7.49. The van der Waals surface area contributed by atoms with Gasteiger partial charge in [0, 0.05) is 19.6 Å². The van der Waals surface area contributed by atoms with E-state index in [1.165, 1.54) is 11.1 Å². The Kier molecular flexibility index (Phi) is 5.73. The van der Waals surface area contributed by atoms with E-state index in [4.69, 9.17) is 10.5 Å². The monoisotopic (exact) mass is 291 g/mol. The van der Waals surface area contributed by atoms with Gasteiger partial charge in [-0.3, -0.25) is 9.69 Å². The number of morpholine rings is 1. The number of rotatable bonds is 5. The second kappa shape index (κ2) is 7.54. The van der Waals surface area contributed by atoms with Crippen molar-refractivity contribution in [1.29, 1.82) is 0 Å². The van der Waals surface area contributed by atoms with Crippen LogP contribution >= 0.6 is 0 Å². The molecule has 2 rings (SSSR count). The molecule has 1 amide bonds. The van der Waals surface area contributed by atoms with E-state index in [2.05, 4.69) is 41.4 Å². The van der Waals surface area contributed by atoms with Gasteiger partial charge in [-0.2, -0.15) is 0 Å². The van der Waals surface area contributed by atoms with Crippen molar-refractivity contribution in [2.45, 2.75) is 25.9 Å². The lowest BCUT2D eigenvalue weighted by Gasteiger charge is -2.35. The van der Waals surface area contributed by atoms with Crippen molar-refractivity contribution in [3.63, 3.8) is 0 Å². The van der Waals surface area contributed by atoms with Crippen LogP contribution in [0.1, 0.15) is 24.1 Å². The number of nitrogens with two attached hydrogens (primary N) is 1. The molecule has 1 aliphatic heterocycles. The maximum absolute atomic E-state index is 11.7. The van der Waals surface area contributed by atoms with E-state index in [1.807, 2.05) is 0 Å². The molecule has 0 radical (unpaired) electrons. The van der Waals surface area contributed by atoms with E-state index >= 15 is 0 Å². The lowest BCUT2D eigenvalue weighted by Crippen LogP contribution is -2.46. The predicted molar refractivity (Wildman–Crippen MR) is 83.0 cm³/mol. The highest BCUT2D eigenvalue weighted by molar-refractivity contribution is 5.80. The molecule has 1 saturated heterocycles. The summed E-state index contributed by atoms with van der Waals surface area (Å²) in [4.78, 5) is 14.1. The average molecular weight is 291 g/mol. The Labute approximate surface area is 126 Å².